The minimum absolute atomic E-state index is 0.0329. The van der Waals surface area contributed by atoms with E-state index in [-0.39, 0.29) is 5.91 Å². The number of carbonyl (C=O) groups excluding carboxylic acids is 2. The van der Waals surface area contributed by atoms with Gasteiger partial charge in [0.05, 0.1) is 5.69 Å². The number of rotatable bonds is 5. The minimum atomic E-state index is -0.0329. The zero-order valence-electron chi connectivity index (χ0n) is 9.14. The van der Waals surface area contributed by atoms with E-state index in [1.807, 2.05) is 12.2 Å². The number of hydrogen-bond donors (Lipinski definition) is 1. The van der Waals surface area contributed by atoms with Gasteiger partial charge in [0.2, 0.25) is 5.91 Å². The average Bonchev–Trinajstić information content (AvgIpc) is 2.28. The molecule has 0 aliphatic heterocycles. The Labute approximate surface area is 94.4 Å². The highest BCUT2D eigenvalue weighted by atomic mass is 16.1. The van der Waals surface area contributed by atoms with Gasteiger partial charge in [0.15, 0.2) is 0 Å². The molecule has 1 rings (SSSR count). The summed E-state index contributed by atoms with van der Waals surface area (Å²) in [7, 11) is 0. The molecule has 0 aliphatic carbocycles. The maximum atomic E-state index is 10.6. The predicted octanol–water partition coefficient (Wildman–Crippen LogP) is 1.43. The molecule has 1 aromatic rings. The number of nitrogens with zero attached hydrogens (tertiary/aromatic N) is 1. The first-order valence-electron chi connectivity index (χ1n) is 5.04. The zero-order valence-corrected chi connectivity index (χ0v) is 9.14. The monoisotopic (exact) mass is 218 g/mol. The Balaban J connectivity index is 2.43. The smallest absolute Gasteiger partial charge is 0.216 e. The Morgan fingerprint density at radius 2 is 2.38 bits per heavy atom. The third-order valence-electron chi connectivity index (χ3n) is 1.91. The Morgan fingerprint density at radius 3 is 3.06 bits per heavy atom. The van der Waals surface area contributed by atoms with Gasteiger partial charge in [0, 0.05) is 25.2 Å². The zero-order chi connectivity index (χ0) is 11.8. The fraction of sp³-hybridized carbons (Fsp3) is 0.250. The molecule has 16 heavy (non-hydrogen) atoms. The van der Waals surface area contributed by atoms with Gasteiger partial charge in [-0.1, -0.05) is 6.08 Å². The van der Waals surface area contributed by atoms with Crippen molar-refractivity contribution in [3.8, 4) is 0 Å². The van der Waals surface area contributed by atoms with Crippen LogP contribution in [0.5, 0.6) is 0 Å². The van der Waals surface area contributed by atoms with E-state index in [2.05, 4.69) is 10.3 Å². The Morgan fingerprint density at radius 1 is 1.56 bits per heavy atom. The van der Waals surface area contributed by atoms with Crippen LogP contribution in [0.25, 0.3) is 6.08 Å². The second-order valence-electron chi connectivity index (χ2n) is 3.31. The van der Waals surface area contributed by atoms with Crippen LogP contribution < -0.4 is 5.32 Å². The van der Waals surface area contributed by atoms with Crippen molar-refractivity contribution >= 4 is 18.3 Å². The molecule has 0 fully saturated rings. The minimum Gasteiger partial charge on any atom is -0.356 e. The fourth-order valence-corrected chi connectivity index (χ4v) is 1.17. The lowest BCUT2D eigenvalue weighted by atomic mass is 10.2. The second kappa shape index (κ2) is 6.50. The van der Waals surface area contributed by atoms with Gasteiger partial charge < -0.3 is 5.32 Å². The van der Waals surface area contributed by atoms with Crippen LogP contribution in [0.1, 0.15) is 29.4 Å². The quantitative estimate of drug-likeness (QED) is 0.601. The molecule has 0 saturated heterocycles. The van der Waals surface area contributed by atoms with Crippen molar-refractivity contribution in [1.29, 1.82) is 0 Å². The van der Waals surface area contributed by atoms with Gasteiger partial charge in [-0.05, 0) is 24.6 Å². The third-order valence-corrected chi connectivity index (χ3v) is 1.91. The molecule has 1 N–H and O–H groups in total. The van der Waals surface area contributed by atoms with Gasteiger partial charge in [-0.2, -0.15) is 0 Å². The largest absolute Gasteiger partial charge is 0.356 e. The molecule has 0 atom stereocenters. The van der Waals surface area contributed by atoms with E-state index >= 15 is 0 Å². The third kappa shape index (κ3) is 4.50. The van der Waals surface area contributed by atoms with Crippen molar-refractivity contribution in [2.24, 2.45) is 0 Å². The summed E-state index contributed by atoms with van der Waals surface area (Å²) in [6.45, 7) is 2.10. The molecular formula is C12H14N2O2. The Kier molecular flexibility index (Phi) is 4.92. The number of pyridine rings is 1. The van der Waals surface area contributed by atoms with Crippen LogP contribution in [0.3, 0.4) is 0 Å². The highest BCUT2D eigenvalue weighted by Crippen LogP contribution is 2.01. The topological polar surface area (TPSA) is 59.1 Å². The van der Waals surface area contributed by atoms with E-state index in [1.165, 1.54) is 6.92 Å². The first-order chi connectivity index (χ1) is 7.72. The number of nitrogens with one attached hydrogen (secondary N) is 1. The van der Waals surface area contributed by atoms with Gasteiger partial charge in [-0.15, -0.1) is 0 Å². The van der Waals surface area contributed by atoms with Crippen LogP contribution in [0, 0.1) is 0 Å². The summed E-state index contributed by atoms with van der Waals surface area (Å²) >= 11 is 0. The van der Waals surface area contributed by atoms with Gasteiger partial charge >= 0.3 is 0 Å². The predicted molar refractivity (Wildman–Crippen MR) is 62.0 cm³/mol. The summed E-state index contributed by atoms with van der Waals surface area (Å²) in [5.41, 5.74) is 1.35. The van der Waals surface area contributed by atoms with E-state index in [0.717, 1.165) is 18.4 Å². The molecule has 0 radical (unpaired) electrons. The Hall–Kier alpha value is -1.97. The summed E-state index contributed by atoms with van der Waals surface area (Å²) in [6, 6.07) is 3.36. The number of aromatic nitrogens is 1. The van der Waals surface area contributed by atoms with Gasteiger partial charge in [-0.3, -0.25) is 14.6 Å². The van der Waals surface area contributed by atoms with Crippen molar-refractivity contribution in [1.82, 2.24) is 10.3 Å². The number of amides is 1. The van der Waals surface area contributed by atoms with E-state index in [4.69, 9.17) is 0 Å². The van der Waals surface area contributed by atoms with Crippen molar-refractivity contribution < 1.29 is 9.59 Å². The van der Waals surface area contributed by atoms with E-state index in [0.29, 0.717) is 12.1 Å². The molecule has 4 nitrogen and oxygen atoms in total. The molecule has 84 valence electrons. The standard InChI is InChI=1S/C12H14N2O2/c1-10(16)13-6-3-2-4-12-8-11(9-15)5-7-14-12/h2,4-5,7-9H,3,6H2,1H3,(H,13,16). The Bertz CT molecular complexity index is 400. The van der Waals surface area contributed by atoms with Gasteiger partial charge in [0.25, 0.3) is 0 Å². The lowest BCUT2D eigenvalue weighted by molar-refractivity contribution is -0.118. The fourth-order valence-electron chi connectivity index (χ4n) is 1.17. The van der Waals surface area contributed by atoms with Gasteiger partial charge in [-0.25, -0.2) is 0 Å². The lowest BCUT2D eigenvalue weighted by Gasteiger charge is -1.97. The summed E-state index contributed by atoms with van der Waals surface area (Å²) in [5, 5.41) is 2.69. The highest BCUT2D eigenvalue weighted by molar-refractivity contribution is 5.75. The molecule has 0 spiro atoms. The molecule has 4 heteroatoms. The first kappa shape index (κ1) is 12.1. The molecule has 1 amide bonds. The number of hydrogen-bond acceptors (Lipinski definition) is 3. The maximum Gasteiger partial charge on any atom is 0.216 e. The van der Waals surface area contributed by atoms with E-state index in [9.17, 15) is 9.59 Å². The lowest BCUT2D eigenvalue weighted by Crippen LogP contribution is -2.20. The van der Waals surface area contributed by atoms with Crippen molar-refractivity contribution in [3.63, 3.8) is 0 Å². The van der Waals surface area contributed by atoms with Crippen LogP contribution in [0.4, 0.5) is 0 Å². The summed E-state index contributed by atoms with van der Waals surface area (Å²) in [6.07, 6.45) is 6.86. The number of aldehydes is 1. The second-order valence-corrected chi connectivity index (χ2v) is 3.31. The normalized spacial score (nSPS) is 10.3. The van der Waals surface area contributed by atoms with Crippen molar-refractivity contribution in [2.45, 2.75) is 13.3 Å². The van der Waals surface area contributed by atoms with Crippen molar-refractivity contribution in [2.75, 3.05) is 6.54 Å². The molecule has 1 heterocycles. The molecule has 1 aromatic heterocycles. The average molecular weight is 218 g/mol. The highest BCUT2D eigenvalue weighted by Gasteiger charge is 1.92. The molecular weight excluding hydrogens is 204 g/mol. The van der Waals surface area contributed by atoms with Crippen LogP contribution in [0.15, 0.2) is 24.4 Å². The van der Waals surface area contributed by atoms with Crippen molar-refractivity contribution in [3.05, 3.63) is 35.7 Å². The molecule has 0 aliphatic rings. The molecule has 0 unspecified atom stereocenters. The summed E-state index contributed by atoms with van der Waals surface area (Å²) in [4.78, 5) is 25.2. The van der Waals surface area contributed by atoms with Crippen LogP contribution in [-0.4, -0.2) is 23.7 Å². The SMILES string of the molecule is CC(=O)NCCC=Cc1cc(C=O)ccn1. The molecule has 0 saturated carbocycles. The number of carbonyl (C=O) groups is 2. The first-order valence-corrected chi connectivity index (χ1v) is 5.04. The van der Waals surface area contributed by atoms with Crippen LogP contribution in [0.2, 0.25) is 0 Å². The summed E-state index contributed by atoms with van der Waals surface area (Å²) < 4.78 is 0. The molecule has 0 bridgehead atoms. The van der Waals surface area contributed by atoms with E-state index < -0.39 is 0 Å². The van der Waals surface area contributed by atoms with Crippen LogP contribution in [-0.2, 0) is 4.79 Å². The maximum absolute atomic E-state index is 10.6. The van der Waals surface area contributed by atoms with Gasteiger partial charge in [0.1, 0.15) is 6.29 Å². The van der Waals surface area contributed by atoms with Crippen LogP contribution >= 0.6 is 0 Å². The molecule has 0 aromatic carbocycles. The van der Waals surface area contributed by atoms with E-state index in [1.54, 1.807) is 18.3 Å². The summed E-state index contributed by atoms with van der Waals surface area (Å²) in [5.74, 6) is -0.0329.